The number of hydrogen-bond acceptors (Lipinski definition) is 2. The summed E-state index contributed by atoms with van der Waals surface area (Å²) in [5.74, 6) is -0.541. The van der Waals surface area contributed by atoms with Crippen molar-refractivity contribution in [2.75, 3.05) is 0 Å². The Morgan fingerprint density at radius 1 is 1.27 bits per heavy atom. The van der Waals surface area contributed by atoms with Gasteiger partial charge in [-0.05, 0) is 5.41 Å². The smallest absolute Gasteiger partial charge is 0.202 e. The molecule has 0 radical (unpaired) electrons. The zero-order valence-electron chi connectivity index (χ0n) is 9.35. The van der Waals surface area contributed by atoms with Gasteiger partial charge in [0.1, 0.15) is 0 Å². The van der Waals surface area contributed by atoms with E-state index in [0.717, 1.165) is 0 Å². The average molecular weight is 214 g/mol. The Kier molecular flexibility index (Phi) is 2.86. The van der Waals surface area contributed by atoms with Gasteiger partial charge in [0.2, 0.25) is 0 Å². The molecule has 15 heavy (non-hydrogen) atoms. The summed E-state index contributed by atoms with van der Waals surface area (Å²) in [5, 5.41) is 7.01. The minimum atomic E-state index is -2.89. The molecule has 0 aliphatic carbocycles. The third-order valence-corrected chi connectivity index (χ3v) is 2.30. The standard InChI is InChI=1S/C11H16F2N2/c1-5-6-7-11(14-15-11)10(12,13)8-9(2,3)4/h1H,6-8H2,2-4H3. The molecule has 1 aliphatic rings. The van der Waals surface area contributed by atoms with E-state index in [9.17, 15) is 8.78 Å². The first-order valence-electron chi connectivity index (χ1n) is 4.98. The van der Waals surface area contributed by atoms with Gasteiger partial charge in [-0.25, -0.2) is 8.78 Å². The largest absolute Gasteiger partial charge is 0.296 e. The maximum Gasteiger partial charge on any atom is 0.296 e. The third kappa shape index (κ3) is 2.74. The molecule has 0 aromatic rings. The lowest BCUT2D eigenvalue weighted by atomic mass is 9.83. The molecule has 1 rings (SSSR count). The van der Waals surface area contributed by atoms with Gasteiger partial charge in [-0.15, -0.1) is 12.3 Å². The minimum absolute atomic E-state index is 0.145. The molecule has 0 saturated carbocycles. The molecule has 0 aromatic carbocycles. The molecule has 0 bridgehead atoms. The van der Waals surface area contributed by atoms with Crippen molar-refractivity contribution in [3.63, 3.8) is 0 Å². The molecule has 0 N–H and O–H groups in total. The number of alkyl halides is 2. The number of halogens is 2. The fourth-order valence-corrected chi connectivity index (χ4v) is 1.54. The molecule has 2 nitrogen and oxygen atoms in total. The second-order valence-electron chi connectivity index (χ2n) is 5.16. The van der Waals surface area contributed by atoms with E-state index in [1.807, 2.05) is 0 Å². The lowest BCUT2D eigenvalue weighted by Gasteiger charge is -2.28. The SMILES string of the molecule is C#CCCC1(C(F)(F)CC(C)(C)C)N=N1. The van der Waals surface area contributed by atoms with E-state index in [1.165, 1.54) is 0 Å². The summed E-state index contributed by atoms with van der Waals surface area (Å²) in [6, 6.07) is 0. The summed E-state index contributed by atoms with van der Waals surface area (Å²) >= 11 is 0. The van der Waals surface area contributed by atoms with Crippen molar-refractivity contribution in [3.8, 4) is 12.3 Å². The molecule has 0 unspecified atom stereocenters. The highest BCUT2D eigenvalue weighted by molar-refractivity contribution is 5.07. The van der Waals surface area contributed by atoms with Crippen molar-refractivity contribution in [2.24, 2.45) is 15.6 Å². The lowest BCUT2D eigenvalue weighted by molar-refractivity contribution is -0.0769. The van der Waals surface area contributed by atoms with Gasteiger partial charge in [-0.2, -0.15) is 10.2 Å². The third-order valence-electron chi connectivity index (χ3n) is 2.30. The predicted octanol–water partition coefficient (Wildman–Crippen LogP) is 3.63. The van der Waals surface area contributed by atoms with Crippen LogP contribution in [0.1, 0.15) is 40.0 Å². The summed E-state index contributed by atoms with van der Waals surface area (Å²) in [5.41, 5.74) is -1.97. The zero-order chi connectivity index (χ0) is 11.7. The van der Waals surface area contributed by atoms with E-state index >= 15 is 0 Å². The maximum absolute atomic E-state index is 13.8. The van der Waals surface area contributed by atoms with Crippen LogP contribution in [0, 0.1) is 17.8 Å². The summed E-state index contributed by atoms with van der Waals surface area (Å²) in [6.45, 7) is 5.33. The van der Waals surface area contributed by atoms with Crippen LogP contribution in [0.15, 0.2) is 10.2 Å². The van der Waals surface area contributed by atoms with Crippen molar-refractivity contribution < 1.29 is 8.78 Å². The molecule has 0 amide bonds. The predicted molar refractivity (Wildman–Crippen MR) is 54.7 cm³/mol. The maximum atomic E-state index is 13.8. The van der Waals surface area contributed by atoms with Crippen molar-refractivity contribution in [2.45, 2.75) is 51.6 Å². The van der Waals surface area contributed by atoms with Gasteiger partial charge in [0.25, 0.3) is 11.6 Å². The summed E-state index contributed by atoms with van der Waals surface area (Å²) in [4.78, 5) is 0. The van der Waals surface area contributed by atoms with Crippen LogP contribution in [-0.2, 0) is 0 Å². The van der Waals surface area contributed by atoms with E-state index in [-0.39, 0.29) is 19.3 Å². The highest BCUT2D eigenvalue weighted by Gasteiger charge is 2.62. The fraction of sp³-hybridized carbons (Fsp3) is 0.818. The van der Waals surface area contributed by atoms with Gasteiger partial charge in [0, 0.05) is 19.3 Å². The van der Waals surface area contributed by atoms with Gasteiger partial charge in [0.15, 0.2) is 0 Å². The van der Waals surface area contributed by atoms with Gasteiger partial charge in [-0.3, -0.25) is 0 Å². The van der Waals surface area contributed by atoms with E-state index < -0.39 is 17.0 Å². The highest BCUT2D eigenvalue weighted by Crippen LogP contribution is 2.51. The summed E-state index contributed by atoms with van der Waals surface area (Å²) in [7, 11) is 0. The van der Waals surface area contributed by atoms with Gasteiger partial charge < -0.3 is 0 Å². The summed E-state index contributed by atoms with van der Waals surface area (Å²) < 4.78 is 27.7. The Morgan fingerprint density at radius 2 is 1.80 bits per heavy atom. The van der Waals surface area contributed by atoms with Gasteiger partial charge in [-0.1, -0.05) is 20.8 Å². The molecule has 0 atom stereocenters. The second-order valence-corrected chi connectivity index (χ2v) is 5.16. The Balaban J connectivity index is 2.65. The molecular formula is C11H16F2N2. The van der Waals surface area contributed by atoms with Crippen LogP contribution in [0.3, 0.4) is 0 Å². The van der Waals surface area contributed by atoms with E-state index in [0.29, 0.717) is 0 Å². The summed E-state index contributed by atoms with van der Waals surface area (Å²) in [6.07, 6.45) is 5.26. The quantitative estimate of drug-likeness (QED) is 0.638. The van der Waals surface area contributed by atoms with Crippen molar-refractivity contribution in [3.05, 3.63) is 0 Å². The van der Waals surface area contributed by atoms with Crippen molar-refractivity contribution >= 4 is 0 Å². The van der Waals surface area contributed by atoms with Crippen LogP contribution < -0.4 is 0 Å². The van der Waals surface area contributed by atoms with E-state index in [2.05, 4.69) is 16.1 Å². The van der Waals surface area contributed by atoms with Crippen LogP contribution >= 0.6 is 0 Å². The lowest BCUT2D eigenvalue weighted by Crippen LogP contribution is -2.40. The Bertz CT molecular complexity index is 302. The van der Waals surface area contributed by atoms with Gasteiger partial charge >= 0.3 is 0 Å². The molecule has 4 heteroatoms. The highest BCUT2D eigenvalue weighted by atomic mass is 19.3. The Labute approximate surface area is 89.2 Å². The van der Waals surface area contributed by atoms with Crippen LogP contribution in [0.25, 0.3) is 0 Å². The molecule has 0 fully saturated rings. The number of nitrogens with zero attached hydrogens (tertiary/aromatic N) is 2. The van der Waals surface area contributed by atoms with Crippen molar-refractivity contribution in [1.82, 2.24) is 0 Å². The van der Waals surface area contributed by atoms with E-state index in [4.69, 9.17) is 6.42 Å². The van der Waals surface area contributed by atoms with E-state index in [1.54, 1.807) is 20.8 Å². The topological polar surface area (TPSA) is 24.7 Å². The molecule has 0 saturated heterocycles. The Hall–Kier alpha value is -0.980. The normalized spacial score (nSPS) is 18.7. The molecule has 1 aliphatic heterocycles. The average Bonchev–Trinajstić information content (AvgIpc) is 2.76. The zero-order valence-corrected chi connectivity index (χ0v) is 9.35. The monoisotopic (exact) mass is 214 g/mol. The molecule has 84 valence electrons. The first kappa shape index (κ1) is 12.1. The fourth-order valence-electron chi connectivity index (χ4n) is 1.54. The number of terminal acetylenes is 1. The molecular weight excluding hydrogens is 198 g/mol. The Morgan fingerprint density at radius 3 is 2.13 bits per heavy atom. The van der Waals surface area contributed by atoms with Gasteiger partial charge in [0.05, 0.1) is 0 Å². The second kappa shape index (κ2) is 3.55. The molecule has 1 heterocycles. The number of rotatable bonds is 4. The minimum Gasteiger partial charge on any atom is -0.202 e. The van der Waals surface area contributed by atoms with Crippen LogP contribution in [0.2, 0.25) is 0 Å². The van der Waals surface area contributed by atoms with Crippen molar-refractivity contribution in [1.29, 1.82) is 0 Å². The first-order valence-corrected chi connectivity index (χ1v) is 4.98. The molecule has 0 spiro atoms. The van der Waals surface area contributed by atoms with Crippen LogP contribution in [0.5, 0.6) is 0 Å². The molecule has 0 aromatic heterocycles. The van der Waals surface area contributed by atoms with Crippen LogP contribution in [-0.4, -0.2) is 11.6 Å². The van der Waals surface area contributed by atoms with Crippen LogP contribution in [0.4, 0.5) is 8.78 Å². The number of hydrogen-bond donors (Lipinski definition) is 0. The first-order chi connectivity index (χ1) is 6.72.